The molecule has 0 bridgehead atoms. The van der Waals surface area contributed by atoms with Crippen molar-refractivity contribution in [1.29, 1.82) is 5.26 Å². The minimum Gasteiger partial charge on any atom is -0.465 e. The first-order chi connectivity index (χ1) is 12.0. The lowest BCUT2D eigenvalue weighted by Gasteiger charge is -2.08. The fourth-order valence-electron chi connectivity index (χ4n) is 1.95. The minimum absolute atomic E-state index is 0.192. The zero-order valence-electron chi connectivity index (χ0n) is 13.3. The van der Waals surface area contributed by atoms with E-state index in [4.69, 9.17) is 10.00 Å². The van der Waals surface area contributed by atoms with Crippen molar-refractivity contribution in [3.05, 3.63) is 65.2 Å². The molecule has 0 saturated carbocycles. The number of rotatable bonds is 5. The van der Waals surface area contributed by atoms with Crippen LogP contribution in [0.5, 0.6) is 0 Å². The molecule has 0 spiro atoms. The number of ether oxygens (including phenoxy) is 2. The maximum Gasteiger partial charge on any atom is 0.338 e. The summed E-state index contributed by atoms with van der Waals surface area (Å²) in [7, 11) is 1.26. The van der Waals surface area contributed by atoms with Gasteiger partial charge in [-0.05, 0) is 36.4 Å². The summed E-state index contributed by atoms with van der Waals surface area (Å²) in [4.78, 5) is 35.1. The van der Waals surface area contributed by atoms with Crippen molar-refractivity contribution in [2.45, 2.75) is 0 Å². The van der Waals surface area contributed by atoms with Gasteiger partial charge in [0, 0.05) is 0 Å². The number of carbonyl (C=O) groups excluding carboxylic acids is 3. The predicted octanol–water partition coefficient (Wildman–Crippen LogP) is 2.14. The number of para-hydroxylation sites is 1. The SMILES string of the molecule is COC(=O)c1ccc(C(=O)OCC(=O)Nc2ccccc2C#N)cc1. The Bertz CT molecular complexity index is 837. The topological polar surface area (TPSA) is 105 Å². The molecule has 2 rings (SSSR count). The third-order valence-electron chi connectivity index (χ3n) is 3.20. The summed E-state index contributed by atoms with van der Waals surface area (Å²) in [5, 5.41) is 11.5. The second-order valence-electron chi connectivity index (χ2n) is 4.85. The Kier molecular flexibility index (Phi) is 5.85. The number of methoxy groups -OCH3 is 1. The van der Waals surface area contributed by atoms with Crippen molar-refractivity contribution in [2.24, 2.45) is 0 Å². The van der Waals surface area contributed by atoms with Crippen LogP contribution < -0.4 is 5.32 Å². The van der Waals surface area contributed by atoms with E-state index in [2.05, 4.69) is 10.1 Å². The Morgan fingerprint density at radius 1 is 1.00 bits per heavy atom. The first-order valence-electron chi connectivity index (χ1n) is 7.19. The standard InChI is InChI=1S/C18H14N2O5/c1-24-17(22)12-6-8-13(9-7-12)18(23)25-11-16(21)20-15-5-3-2-4-14(15)10-19/h2-9H,11H2,1H3,(H,20,21). The molecule has 1 amide bonds. The van der Waals surface area contributed by atoms with Crippen LogP contribution in [-0.2, 0) is 14.3 Å². The van der Waals surface area contributed by atoms with E-state index in [-0.39, 0.29) is 5.56 Å². The van der Waals surface area contributed by atoms with Crippen LogP contribution in [-0.4, -0.2) is 31.6 Å². The lowest BCUT2D eigenvalue weighted by Crippen LogP contribution is -2.21. The van der Waals surface area contributed by atoms with Crippen LogP contribution in [0.1, 0.15) is 26.3 Å². The molecule has 1 N–H and O–H groups in total. The maximum atomic E-state index is 11.9. The first kappa shape index (κ1) is 17.7. The molecule has 25 heavy (non-hydrogen) atoms. The molecule has 2 aromatic carbocycles. The molecule has 7 nitrogen and oxygen atoms in total. The summed E-state index contributed by atoms with van der Waals surface area (Å²) in [5.74, 6) is -1.79. The van der Waals surface area contributed by atoms with E-state index in [1.54, 1.807) is 24.3 Å². The highest BCUT2D eigenvalue weighted by Crippen LogP contribution is 2.13. The van der Waals surface area contributed by atoms with Crippen LogP contribution in [0.3, 0.4) is 0 Å². The van der Waals surface area contributed by atoms with E-state index in [1.807, 2.05) is 6.07 Å². The molecule has 0 aliphatic carbocycles. The van der Waals surface area contributed by atoms with Gasteiger partial charge in [-0.25, -0.2) is 9.59 Å². The van der Waals surface area contributed by atoms with Gasteiger partial charge in [0.2, 0.25) is 0 Å². The number of esters is 2. The van der Waals surface area contributed by atoms with Gasteiger partial charge in [-0.15, -0.1) is 0 Å². The van der Waals surface area contributed by atoms with E-state index in [9.17, 15) is 14.4 Å². The Labute approximate surface area is 143 Å². The van der Waals surface area contributed by atoms with Crippen molar-refractivity contribution >= 4 is 23.5 Å². The molecule has 0 atom stereocenters. The number of nitrogens with one attached hydrogen (secondary N) is 1. The van der Waals surface area contributed by atoms with Crippen molar-refractivity contribution in [2.75, 3.05) is 19.0 Å². The summed E-state index contributed by atoms with van der Waals surface area (Å²) >= 11 is 0. The van der Waals surface area contributed by atoms with Gasteiger partial charge in [-0.1, -0.05) is 12.1 Å². The Morgan fingerprint density at radius 2 is 1.60 bits per heavy atom. The van der Waals surface area contributed by atoms with Gasteiger partial charge in [-0.3, -0.25) is 4.79 Å². The monoisotopic (exact) mass is 338 g/mol. The van der Waals surface area contributed by atoms with E-state index in [0.717, 1.165) is 0 Å². The smallest absolute Gasteiger partial charge is 0.338 e. The highest BCUT2D eigenvalue weighted by molar-refractivity contribution is 5.97. The van der Waals surface area contributed by atoms with Crippen LogP contribution in [0.25, 0.3) is 0 Å². The molecular formula is C18H14N2O5. The number of hydrogen-bond acceptors (Lipinski definition) is 6. The molecule has 0 aliphatic heterocycles. The zero-order chi connectivity index (χ0) is 18.2. The number of anilines is 1. The highest BCUT2D eigenvalue weighted by Gasteiger charge is 2.13. The van der Waals surface area contributed by atoms with Gasteiger partial charge in [0.25, 0.3) is 5.91 Å². The minimum atomic E-state index is -0.708. The van der Waals surface area contributed by atoms with Gasteiger partial charge in [-0.2, -0.15) is 5.26 Å². The number of amides is 1. The van der Waals surface area contributed by atoms with E-state index in [1.165, 1.54) is 31.4 Å². The molecule has 0 fully saturated rings. The predicted molar refractivity (Wildman–Crippen MR) is 87.9 cm³/mol. The van der Waals surface area contributed by atoms with Gasteiger partial charge in [0.05, 0.1) is 29.5 Å². The molecule has 0 aromatic heterocycles. The number of nitriles is 1. The second-order valence-corrected chi connectivity index (χ2v) is 4.85. The average Bonchev–Trinajstić information content (AvgIpc) is 2.66. The Balaban J connectivity index is 1.92. The van der Waals surface area contributed by atoms with Crippen molar-refractivity contribution in [3.63, 3.8) is 0 Å². The Morgan fingerprint density at radius 3 is 2.20 bits per heavy atom. The van der Waals surface area contributed by atoms with Crippen LogP contribution >= 0.6 is 0 Å². The van der Waals surface area contributed by atoms with Crippen LogP contribution in [0.2, 0.25) is 0 Å². The molecule has 0 saturated heterocycles. The maximum absolute atomic E-state index is 11.9. The molecule has 7 heteroatoms. The normalized spacial score (nSPS) is 9.60. The summed E-state index contributed by atoms with van der Waals surface area (Å²) in [6, 6.07) is 14.1. The molecule has 126 valence electrons. The zero-order valence-corrected chi connectivity index (χ0v) is 13.3. The second kappa shape index (κ2) is 8.26. The summed E-state index contributed by atoms with van der Waals surface area (Å²) < 4.78 is 9.47. The lowest BCUT2D eigenvalue weighted by atomic mass is 10.1. The fraction of sp³-hybridized carbons (Fsp3) is 0.111. The molecule has 0 heterocycles. The van der Waals surface area contributed by atoms with E-state index < -0.39 is 24.5 Å². The summed E-state index contributed by atoms with van der Waals surface area (Å²) in [6.07, 6.45) is 0. The molecule has 0 aliphatic rings. The van der Waals surface area contributed by atoms with Crippen LogP contribution in [0, 0.1) is 11.3 Å². The fourth-order valence-corrected chi connectivity index (χ4v) is 1.95. The molecular weight excluding hydrogens is 324 g/mol. The number of nitrogens with zero attached hydrogens (tertiary/aromatic N) is 1. The van der Waals surface area contributed by atoms with Gasteiger partial charge >= 0.3 is 11.9 Å². The Hall–Kier alpha value is -3.66. The van der Waals surface area contributed by atoms with Gasteiger partial charge in [0.1, 0.15) is 6.07 Å². The number of carbonyl (C=O) groups is 3. The largest absolute Gasteiger partial charge is 0.465 e. The van der Waals surface area contributed by atoms with Crippen molar-refractivity contribution < 1.29 is 23.9 Å². The van der Waals surface area contributed by atoms with Crippen LogP contribution in [0.15, 0.2) is 48.5 Å². The third kappa shape index (κ3) is 4.65. The first-order valence-corrected chi connectivity index (χ1v) is 7.19. The van der Waals surface area contributed by atoms with E-state index in [0.29, 0.717) is 16.8 Å². The average molecular weight is 338 g/mol. The van der Waals surface area contributed by atoms with Crippen molar-refractivity contribution in [3.8, 4) is 6.07 Å². The highest BCUT2D eigenvalue weighted by atomic mass is 16.5. The van der Waals surface area contributed by atoms with Gasteiger partial charge < -0.3 is 14.8 Å². The number of benzene rings is 2. The summed E-state index contributed by atoms with van der Waals surface area (Å²) in [6.45, 7) is -0.503. The third-order valence-corrected chi connectivity index (χ3v) is 3.20. The van der Waals surface area contributed by atoms with E-state index >= 15 is 0 Å². The quantitative estimate of drug-likeness (QED) is 0.837. The summed E-state index contributed by atoms with van der Waals surface area (Å²) in [5.41, 5.74) is 1.14. The number of hydrogen-bond donors (Lipinski definition) is 1. The molecule has 0 radical (unpaired) electrons. The van der Waals surface area contributed by atoms with Crippen LogP contribution in [0.4, 0.5) is 5.69 Å². The van der Waals surface area contributed by atoms with Crippen molar-refractivity contribution in [1.82, 2.24) is 0 Å². The molecule has 0 unspecified atom stereocenters. The van der Waals surface area contributed by atoms with Gasteiger partial charge in [0.15, 0.2) is 6.61 Å². The lowest BCUT2D eigenvalue weighted by molar-refractivity contribution is -0.119. The molecule has 2 aromatic rings.